The first-order valence-corrected chi connectivity index (χ1v) is 5.31. The Labute approximate surface area is 103 Å². The summed E-state index contributed by atoms with van der Waals surface area (Å²) in [5.74, 6) is -0.187. The van der Waals surface area contributed by atoms with Crippen LogP contribution in [-0.4, -0.2) is 22.7 Å². The molecule has 18 heavy (non-hydrogen) atoms. The van der Waals surface area contributed by atoms with Gasteiger partial charge in [-0.25, -0.2) is 4.98 Å². The number of ketones is 1. The van der Waals surface area contributed by atoms with Crippen molar-refractivity contribution in [1.29, 1.82) is 0 Å². The summed E-state index contributed by atoms with van der Waals surface area (Å²) in [6, 6.07) is 6.19. The zero-order valence-electron chi connectivity index (χ0n) is 9.93. The van der Waals surface area contributed by atoms with Crippen molar-refractivity contribution >= 4 is 28.1 Å². The van der Waals surface area contributed by atoms with E-state index >= 15 is 0 Å². The number of hydrogen-bond acceptors (Lipinski definition) is 5. The lowest BCUT2D eigenvalue weighted by Gasteiger charge is -2.07. The SMILES string of the molecule is CNc1cc2c([N+](=O)[O-])cccc2nc1C(C)=O. The molecule has 6 heteroatoms. The van der Waals surface area contributed by atoms with Crippen LogP contribution in [0.2, 0.25) is 0 Å². The first-order valence-electron chi connectivity index (χ1n) is 5.31. The molecule has 1 aromatic carbocycles. The number of Topliss-reactive ketones (excluding diaryl/α,β-unsaturated/α-hetero) is 1. The fraction of sp³-hybridized carbons (Fsp3) is 0.167. The molecule has 0 aliphatic rings. The molecule has 92 valence electrons. The summed E-state index contributed by atoms with van der Waals surface area (Å²) in [6.45, 7) is 1.41. The van der Waals surface area contributed by atoms with E-state index in [-0.39, 0.29) is 17.2 Å². The quantitative estimate of drug-likeness (QED) is 0.509. The third-order valence-electron chi connectivity index (χ3n) is 2.64. The fourth-order valence-corrected chi connectivity index (χ4v) is 1.80. The summed E-state index contributed by atoms with van der Waals surface area (Å²) >= 11 is 0. The lowest BCUT2D eigenvalue weighted by molar-refractivity contribution is -0.383. The predicted octanol–water partition coefficient (Wildman–Crippen LogP) is 2.39. The number of carbonyl (C=O) groups is 1. The smallest absolute Gasteiger partial charge is 0.278 e. The van der Waals surface area contributed by atoms with Crippen LogP contribution in [0.4, 0.5) is 11.4 Å². The van der Waals surface area contributed by atoms with E-state index in [4.69, 9.17) is 0 Å². The highest BCUT2D eigenvalue weighted by Gasteiger charge is 2.16. The average molecular weight is 245 g/mol. The number of benzene rings is 1. The van der Waals surface area contributed by atoms with E-state index in [1.807, 2.05) is 0 Å². The van der Waals surface area contributed by atoms with E-state index in [9.17, 15) is 14.9 Å². The van der Waals surface area contributed by atoms with Gasteiger partial charge in [-0.2, -0.15) is 0 Å². The molecule has 0 fully saturated rings. The summed E-state index contributed by atoms with van der Waals surface area (Å²) in [7, 11) is 1.64. The van der Waals surface area contributed by atoms with E-state index in [1.165, 1.54) is 13.0 Å². The maximum Gasteiger partial charge on any atom is 0.278 e. The topological polar surface area (TPSA) is 85.1 Å². The second-order valence-corrected chi connectivity index (χ2v) is 3.79. The second kappa shape index (κ2) is 4.40. The maximum atomic E-state index is 11.5. The normalized spacial score (nSPS) is 10.3. The molecule has 0 spiro atoms. The molecular weight excluding hydrogens is 234 g/mol. The number of pyridine rings is 1. The molecule has 1 aromatic heterocycles. The molecule has 6 nitrogen and oxygen atoms in total. The van der Waals surface area contributed by atoms with Crippen molar-refractivity contribution in [2.45, 2.75) is 6.92 Å². The molecular formula is C12H11N3O3. The van der Waals surface area contributed by atoms with Gasteiger partial charge < -0.3 is 5.32 Å². The van der Waals surface area contributed by atoms with Gasteiger partial charge in [0, 0.05) is 20.0 Å². The van der Waals surface area contributed by atoms with Crippen molar-refractivity contribution in [3.63, 3.8) is 0 Å². The number of nitro benzene ring substituents is 1. The van der Waals surface area contributed by atoms with Gasteiger partial charge in [-0.15, -0.1) is 0 Å². The van der Waals surface area contributed by atoms with E-state index < -0.39 is 4.92 Å². The lowest BCUT2D eigenvalue weighted by atomic mass is 10.1. The lowest BCUT2D eigenvalue weighted by Crippen LogP contribution is -2.04. The van der Waals surface area contributed by atoms with Crippen molar-refractivity contribution in [3.05, 3.63) is 40.1 Å². The average Bonchev–Trinajstić information content (AvgIpc) is 2.35. The van der Waals surface area contributed by atoms with Gasteiger partial charge >= 0.3 is 0 Å². The molecule has 1 heterocycles. The summed E-state index contributed by atoms with van der Waals surface area (Å²) in [5.41, 5.74) is 1.19. The van der Waals surface area contributed by atoms with Crippen molar-refractivity contribution in [2.24, 2.45) is 0 Å². The number of hydrogen-bond donors (Lipinski definition) is 1. The number of fused-ring (bicyclic) bond motifs is 1. The zero-order valence-corrected chi connectivity index (χ0v) is 9.93. The highest BCUT2D eigenvalue weighted by Crippen LogP contribution is 2.28. The minimum Gasteiger partial charge on any atom is -0.386 e. The second-order valence-electron chi connectivity index (χ2n) is 3.79. The van der Waals surface area contributed by atoms with Gasteiger partial charge in [0.25, 0.3) is 5.69 Å². The van der Waals surface area contributed by atoms with Gasteiger partial charge in [-0.1, -0.05) is 6.07 Å². The van der Waals surface area contributed by atoms with E-state index in [1.54, 1.807) is 25.2 Å². The standard InChI is InChI=1S/C12H11N3O3/c1-7(16)12-10(13-2)6-8-9(14-12)4-3-5-11(8)15(17)18/h3-6,13H,1-2H3. The van der Waals surface area contributed by atoms with E-state index in [2.05, 4.69) is 10.3 Å². The molecule has 0 aliphatic carbocycles. The molecule has 0 saturated carbocycles. The molecule has 2 rings (SSSR count). The molecule has 0 saturated heterocycles. The van der Waals surface area contributed by atoms with Crippen LogP contribution in [0.15, 0.2) is 24.3 Å². The number of non-ortho nitro benzene ring substituents is 1. The van der Waals surface area contributed by atoms with E-state index in [0.29, 0.717) is 16.6 Å². The summed E-state index contributed by atoms with van der Waals surface area (Å²) < 4.78 is 0. The molecule has 0 radical (unpaired) electrons. The third kappa shape index (κ3) is 1.88. The summed E-state index contributed by atoms with van der Waals surface area (Å²) in [6.07, 6.45) is 0. The predicted molar refractivity (Wildman–Crippen MR) is 67.9 cm³/mol. The Bertz CT molecular complexity index is 652. The Morgan fingerprint density at radius 2 is 2.17 bits per heavy atom. The van der Waals surface area contributed by atoms with Crippen molar-refractivity contribution in [2.75, 3.05) is 12.4 Å². The number of anilines is 1. The summed E-state index contributed by atoms with van der Waals surface area (Å²) in [5, 5.41) is 14.2. The maximum absolute atomic E-state index is 11.5. The Balaban J connectivity index is 2.82. The largest absolute Gasteiger partial charge is 0.386 e. The number of aromatic nitrogens is 1. The molecule has 0 atom stereocenters. The van der Waals surface area contributed by atoms with E-state index in [0.717, 1.165) is 0 Å². The number of carbonyl (C=O) groups excluding carboxylic acids is 1. The van der Waals surface area contributed by atoms with Crippen molar-refractivity contribution < 1.29 is 9.72 Å². The minimum absolute atomic E-state index is 0.0217. The van der Waals surface area contributed by atoms with Gasteiger partial charge in [0.2, 0.25) is 0 Å². The highest BCUT2D eigenvalue weighted by atomic mass is 16.6. The number of nitrogens with zero attached hydrogens (tertiary/aromatic N) is 2. The van der Waals surface area contributed by atoms with Gasteiger partial charge in [-0.05, 0) is 12.1 Å². The number of nitrogens with one attached hydrogen (secondary N) is 1. The van der Waals surface area contributed by atoms with Crippen LogP contribution in [0, 0.1) is 10.1 Å². The minimum atomic E-state index is -0.461. The van der Waals surface area contributed by atoms with Gasteiger partial charge in [0.05, 0.1) is 21.5 Å². The molecule has 0 unspecified atom stereocenters. The first kappa shape index (κ1) is 12.0. The van der Waals surface area contributed by atoms with Crippen LogP contribution in [0.5, 0.6) is 0 Å². The Morgan fingerprint density at radius 1 is 1.44 bits per heavy atom. The van der Waals surface area contributed by atoms with Gasteiger partial charge in [-0.3, -0.25) is 14.9 Å². The molecule has 0 aliphatic heterocycles. The van der Waals surface area contributed by atoms with Crippen LogP contribution in [0.3, 0.4) is 0 Å². The van der Waals surface area contributed by atoms with Gasteiger partial charge in [0.1, 0.15) is 5.69 Å². The Hall–Kier alpha value is -2.50. The fourth-order valence-electron chi connectivity index (χ4n) is 1.80. The van der Waals surface area contributed by atoms with Crippen LogP contribution in [0.1, 0.15) is 17.4 Å². The zero-order chi connectivity index (χ0) is 13.3. The molecule has 2 aromatic rings. The van der Waals surface area contributed by atoms with Crippen molar-refractivity contribution in [1.82, 2.24) is 4.98 Å². The van der Waals surface area contributed by atoms with Crippen LogP contribution in [0.25, 0.3) is 10.9 Å². The molecule has 0 bridgehead atoms. The van der Waals surface area contributed by atoms with Gasteiger partial charge in [0.15, 0.2) is 5.78 Å². The van der Waals surface area contributed by atoms with Crippen LogP contribution in [-0.2, 0) is 0 Å². The van der Waals surface area contributed by atoms with Crippen LogP contribution >= 0.6 is 0 Å². The number of nitro groups is 1. The Morgan fingerprint density at radius 3 is 2.72 bits per heavy atom. The number of rotatable bonds is 3. The highest BCUT2D eigenvalue weighted by molar-refractivity contribution is 6.02. The molecule has 0 amide bonds. The van der Waals surface area contributed by atoms with Crippen molar-refractivity contribution in [3.8, 4) is 0 Å². The first-order chi connectivity index (χ1) is 8.54. The summed E-state index contributed by atoms with van der Waals surface area (Å²) in [4.78, 5) is 26.1. The third-order valence-corrected chi connectivity index (χ3v) is 2.64. The Kier molecular flexibility index (Phi) is 2.93. The van der Waals surface area contributed by atoms with Crippen LogP contribution < -0.4 is 5.32 Å². The molecule has 1 N–H and O–H groups in total. The monoisotopic (exact) mass is 245 g/mol.